The van der Waals surface area contributed by atoms with Crippen molar-refractivity contribution in [2.24, 2.45) is 0 Å². The molecule has 0 saturated carbocycles. The van der Waals surface area contributed by atoms with Crippen LogP contribution in [0.5, 0.6) is 0 Å². The van der Waals surface area contributed by atoms with E-state index in [1.165, 1.54) is 0 Å². The van der Waals surface area contributed by atoms with E-state index in [0.29, 0.717) is 6.42 Å². The summed E-state index contributed by atoms with van der Waals surface area (Å²) in [4.78, 5) is 22.8. The van der Waals surface area contributed by atoms with Gasteiger partial charge in [0.1, 0.15) is 0 Å². The number of anilines is 1. The molecule has 1 unspecified atom stereocenters. The van der Waals surface area contributed by atoms with E-state index in [4.69, 9.17) is 5.11 Å². The summed E-state index contributed by atoms with van der Waals surface area (Å²) < 4.78 is 0. The minimum absolute atomic E-state index is 0.00601. The summed E-state index contributed by atoms with van der Waals surface area (Å²) in [5, 5.41) is 11.7. The van der Waals surface area contributed by atoms with Crippen molar-refractivity contribution in [3.63, 3.8) is 0 Å². The summed E-state index contributed by atoms with van der Waals surface area (Å²) in [6, 6.07) is 14.3. The number of carboxylic acids is 1. The van der Waals surface area contributed by atoms with Gasteiger partial charge in [0.2, 0.25) is 5.91 Å². The van der Waals surface area contributed by atoms with Gasteiger partial charge in [-0.05, 0) is 35.7 Å². The van der Waals surface area contributed by atoms with Gasteiger partial charge in [0.15, 0.2) is 0 Å². The number of para-hydroxylation sites is 1. The highest BCUT2D eigenvalue weighted by atomic mass is 16.4. The molecule has 0 aliphatic carbocycles. The molecule has 1 aliphatic heterocycles. The highest BCUT2D eigenvalue weighted by Gasteiger charge is 2.29. The molecule has 2 aromatic carbocycles. The Morgan fingerprint density at radius 1 is 1.10 bits per heavy atom. The standard InChI is InChI=1S/C16H13NO3/c18-15-13(12-3-1-2-4-14(12)17-15)9-10-5-7-11(8-6-10)16(19)20/h1-8,13H,9H2,(H,17,18)(H,19,20). The molecule has 3 rings (SSSR count). The number of hydrogen-bond acceptors (Lipinski definition) is 2. The molecule has 1 heterocycles. The molecule has 1 aliphatic rings. The second-order valence-corrected chi connectivity index (χ2v) is 4.84. The number of fused-ring (bicyclic) bond motifs is 1. The van der Waals surface area contributed by atoms with Gasteiger partial charge >= 0.3 is 5.97 Å². The van der Waals surface area contributed by atoms with Crippen LogP contribution in [0.3, 0.4) is 0 Å². The van der Waals surface area contributed by atoms with Crippen LogP contribution < -0.4 is 5.32 Å². The first-order valence-corrected chi connectivity index (χ1v) is 6.37. The van der Waals surface area contributed by atoms with Crippen molar-refractivity contribution in [1.29, 1.82) is 0 Å². The molecule has 0 radical (unpaired) electrons. The Hall–Kier alpha value is -2.62. The lowest BCUT2D eigenvalue weighted by atomic mass is 9.93. The number of carbonyl (C=O) groups is 2. The summed E-state index contributed by atoms with van der Waals surface area (Å²) in [6.07, 6.45) is 0.572. The van der Waals surface area contributed by atoms with Crippen LogP contribution in [0.2, 0.25) is 0 Å². The van der Waals surface area contributed by atoms with Crippen LogP contribution in [0.25, 0.3) is 0 Å². The van der Waals surface area contributed by atoms with E-state index in [2.05, 4.69) is 5.32 Å². The molecule has 0 bridgehead atoms. The van der Waals surface area contributed by atoms with Crippen LogP contribution >= 0.6 is 0 Å². The molecule has 2 N–H and O–H groups in total. The van der Waals surface area contributed by atoms with Crippen molar-refractivity contribution in [3.05, 3.63) is 65.2 Å². The van der Waals surface area contributed by atoms with Crippen LogP contribution in [0, 0.1) is 0 Å². The number of aromatic carboxylic acids is 1. The number of hydrogen-bond donors (Lipinski definition) is 2. The van der Waals surface area contributed by atoms with Crippen molar-refractivity contribution >= 4 is 17.6 Å². The van der Waals surface area contributed by atoms with E-state index in [-0.39, 0.29) is 17.4 Å². The average molecular weight is 267 g/mol. The molecule has 1 amide bonds. The SMILES string of the molecule is O=C(O)c1ccc(CC2C(=O)Nc3ccccc32)cc1. The van der Waals surface area contributed by atoms with Crippen LogP contribution in [0.4, 0.5) is 5.69 Å². The van der Waals surface area contributed by atoms with E-state index in [1.54, 1.807) is 24.3 Å². The van der Waals surface area contributed by atoms with E-state index in [1.807, 2.05) is 24.3 Å². The lowest BCUT2D eigenvalue weighted by molar-refractivity contribution is -0.117. The van der Waals surface area contributed by atoms with Crippen molar-refractivity contribution in [2.45, 2.75) is 12.3 Å². The molecule has 100 valence electrons. The van der Waals surface area contributed by atoms with Crippen molar-refractivity contribution < 1.29 is 14.7 Å². The van der Waals surface area contributed by atoms with Crippen molar-refractivity contribution in [2.75, 3.05) is 5.32 Å². The minimum atomic E-state index is -0.944. The van der Waals surface area contributed by atoms with Crippen LogP contribution in [-0.2, 0) is 11.2 Å². The van der Waals surface area contributed by atoms with Gasteiger partial charge in [0.05, 0.1) is 11.5 Å². The zero-order valence-electron chi connectivity index (χ0n) is 10.7. The Morgan fingerprint density at radius 3 is 2.50 bits per heavy atom. The maximum Gasteiger partial charge on any atom is 0.335 e. The molecular weight excluding hydrogens is 254 g/mol. The maximum atomic E-state index is 12.0. The van der Waals surface area contributed by atoms with E-state index < -0.39 is 5.97 Å². The zero-order valence-corrected chi connectivity index (χ0v) is 10.7. The highest BCUT2D eigenvalue weighted by molar-refractivity contribution is 6.03. The summed E-state index contributed by atoms with van der Waals surface area (Å²) >= 11 is 0. The van der Waals surface area contributed by atoms with E-state index in [9.17, 15) is 9.59 Å². The van der Waals surface area contributed by atoms with Crippen molar-refractivity contribution in [3.8, 4) is 0 Å². The lowest BCUT2D eigenvalue weighted by Crippen LogP contribution is -2.14. The molecular formula is C16H13NO3. The summed E-state index contributed by atoms with van der Waals surface area (Å²) in [5.74, 6) is -1.16. The number of carbonyl (C=O) groups excluding carboxylic acids is 1. The first-order chi connectivity index (χ1) is 9.65. The fourth-order valence-electron chi connectivity index (χ4n) is 2.50. The first kappa shape index (κ1) is 12.4. The van der Waals surface area contributed by atoms with Crippen LogP contribution in [0.15, 0.2) is 48.5 Å². The van der Waals surface area contributed by atoms with Gasteiger partial charge < -0.3 is 10.4 Å². The van der Waals surface area contributed by atoms with Gasteiger partial charge in [0.25, 0.3) is 0 Å². The maximum absolute atomic E-state index is 12.0. The third-order valence-electron chi connectivity index (χ3n) is 3.55. The van der Waals surface area contributed by atoms with E-state index >= 15 is 0 Å². The Kier molecular flexibility index (Phi) is 2.99. The molecule has 20 heavy (non-hydrogen) atoms. The number of carboxylic acid groups (broad SMARTS) is 1. The monoisotopic (exact) mass is 267 g/mol. The fraction of sp³-hybridized carbons (Fsp3) is 0.125. The normalized spacial score (nSPS) is 16.6. The number of amides is 1. The van der Waals surface area contributed by atoms with Gasteiger partial charge in [0, 0.05) is 5.69 Å². The third kappa shape index (κ3) is 2.16. The number of nitrogens with one attached hydrogen (secondary N) is 1. The third-order valence-corrected chi connectivity index (χ3v) is 3.55. The topological polar surface area (TPSA) is 66.4 Å². The van der Waals surface area contributed by atoms with Gasteiger partial charge in [-0.2, -0.15) is 0 Å². The molecule has 4 nitrogen and oxygen atoms in total. The fourth-order valence-corrected chi connectivity index (χ4v) is 2.50. The molecule has 0 fully saturated rings. The van der Waals surface area contributed by atoms with Gasteiger partial charge in [-0.1, -0.05) is 30.3 Å². The Morgan fingerprint density at radius 2 is 1.80 bits per heavy atom. The largest absolute Gasteiger partial charge is 0.478 e. The van der Waals surface area contributed by atoms with Crippen molar-refractivity contribution in [1.82, 2.24) is 0 Å². The predicted octanol–water partition coefficient (Wildman–Crippen LogP) is 2.66. The molecule has 0 saturated heterocycles. The lowest BCUT2D eigenvalue weighted by Gasteiger charge is -2.09. The quantitative estimate of drug-likeness (QED) is 0.898. The number of rotatable bonds is 3. The highest BCUT2D eigenvalue weighted by Crippen LogP contribution is 2.34. The second kappa shape index (κ2) is 4.81. The van der Waals surface area contributed by atoms with Crippen LogP contribution in [-0.4, -0.2) is 17.0 Å². The molecule has 2 aromatic rings. The number of benzene rings is 2. The summed E-state index contributed by atoms with van der Waals surface area (Å²) in [5.41, 5.74) is 3.07. The van der Waals surface area contributed by atoms with E-state index in [0.717, 1.165) is 16.8 Å². The molecule has 1 atom stereocenters. The predicted molar refractivity (Wildman–Crippen MR) is 74.9 cm³/mol. The minimum Gasteiger partial charge on any atom is -0.478 e. The summed E-state index contributed by atoms with van der Waals surface area (Å²) in [6.45, 7) is 0. The Bertz CT molecular complexity index is 676. The van der Waals surface area contributed by atoms with Gasteiger partial charge in [-0.25, -0.2) is 4.79 Å². The molecule has 4 heteroatoms. The zero-order chi connectivity index (χ0) is 14.1. The smallest absolute Gasteiger partial charge is 0.335 e. The van der Waals surface area contributed by atoms with Crippen LogP contribution in [0.1, 0.15) is 27.4 Å². The molecule has 0 aromatic heterocycles. The second-order valence-electron chi connectivity index (χ2n) is 4.84. The van der Waals surface area contributed by atoms with Gasteiger partial charge in [-0.3, -0.25) is 4.79 Å². The van der Waals surface area contributed by atoms with Gasteiger partial charge in [-0.15, -0.1) is 0 Å². The molecule has 0 spiro atoms. The average Bonchev–Trinajstić information content (AvgIpc) is 2.76. The Balaban J connectivity index is 1.84. The Labute approximate surface area is 116 Å². The summed E-state index contributed by atoms with van der Waals surface area (Å²) in [7, 11) is 0. The first-order valence-electron chi connectivity index (χ1n) is 6.37.